The number of piperazine rings is 1. The quantitative estimate of drug-likeness (QED) is 0.595. The number of carbonyl (C=O) groups is 1. The summed E-state index contributed by atoms with van der Waals surface area (Å²) in [5.41, 5.74) is 0.275. The SMILES string of the molecule is CCCOc1c(Cl)cc(C(=O)N2CCN(S(=O)(=O)c3ccc(F)cc3F)CC2)cc1OC. The van der Waals surface area contributed by atoms with Crippen molar-refractivity contribution >= 4 is 27.5 Å². The summed E-state index contributed by atoms with van der Waals surface area (Å²) in [6.07, 6.45) is 0.773. The number of halogens is 3. The molecule has 1 aliphatic heterocycles. The van der Waals surface area contributed by atoms with E-state index in [1.807, 2.05) is 6.92 Å². The van der Waals surface area contributed by atoms with Crippen LogP contribution in [0.25, 0.3) is 0 Å². The Hall–Kier alpha value is -2.43. The standard InChI is InChI=1S/C21H23ClF2N2O5S/c1-3-10-31-20-16(22)11-14(12-18(20)30-2)21(27)25-6-8-26(9-7-25)32(28,29)19-5-4-15(23)13-17(19)24/h4-5,11-13H,3,6-10H2,1-2H3. The summed E-state index contributed by atoms with van der Waals surface area (Å²) in [4.78, 5) is 13.8. The summed E-state index contributed by atoms with van der Waals surface area (Å²) in [5, 5.41) is 0.231. The van der Waals surface area contributed by atoms with Crippen LogP contribution in [0.4, 0.5) is 8.78 Å². The normalized spacial score (nSPS) is 15.0. The van der Waals surface area contributed by atoms with Crippen LogP contribution >= 0.6 is 11.6 Å². The van der Waals surface area contributed by atoms with Crippen LogP contribution in [0, 0.1) is 11.6 Å². The Balaban J connectivity index is 1.73. The second-order valence-corrected chi connectivity index (χ2v) is 9.42. The Kier molecular flexibility index (Phi) is 7.58. The molecule has 32 heavy (non-hydrogen) atoms. The van der Waals surface area contributed by atoms with Gasteiger partial charge in [0.1, 0.15) is 16.5 Å². The van der Waals surface area contributed by atoms with Crippen molar-refractivity contribution in [2.45, 2.75) is 18.2 Å². The zero-order valence-electron chi connectivity index (χ0n) is 17.6. The van der Waals surface area contributed by atoms with Gasteiger partial charge < -0.3 is 14.4 Å². The van der Waals surface area contributed by atoms with Crippen LogP contribution in [0.15, 0.2) is 35.2 Å². The Morgan fingerprint density at radius 3 is 2.41 bits per heavy atom. The largest absolute Gasteiger partial charge is 0.493 e. The zero-order chi connectivity index (χ0) is 23.5. The Morgan fingerprint density at radius 1 is 1.12 bits per heavy atom. The highest BCUT2D eigenvalue weighted by Gasteiger charge is 2.32. The number of hydrogen-bond donors (Lipinski definition) is 0. The molecule has 174 valence electrons. The number of sulfonamides is 1. The van der Waals surface area contributed by atoms with Gasteiger partial charge in [0.15, 0.2) is 11.5 Å². The lowest BCUT2D eigenvalue weighted by Crippen LogP contribution is -2.50. The number of hydrogen-bond acceptors (Lipinski definition) is 5. The number of carbonyl (C=O) groups excluding carboxylic acids is 1. The van der Waals surface area contributed by atoms with Gasteiger partial charge in [0, 0.05) is 37.8 Å². The van der Waals surface area contributed by atoms with Gasteiger partial charge >= 0.3 is 0 Å². The van der Waals surface area contributed by atoms with E-state index in [2.05, 4.69) is 0 Å². The first-order valence-corrected chi connectivity index (χ1v) is 11.8. The summed E-state index contributed by atoms with van der Waals surface area (Å²) in [6, 6.07) is 5.32. The van der Waals surface area contributed by atoms with E-state index in [-0.39, 0.29) is 42.7 Å². The second-order valence-electron chi connectivity index (χ2n) is 7.11. The summed E-state index contributed by atoms with van der Waals surface area (Å²) < 4.78 is 64.6. The third-order valence-electron chi connectivity index (χ3n) is 4.96. The number of methoxy groups -OCH3 is 1. The molecule has 1 fully saturated rings. The number of benzene rings is 2. The number of nitrogens with zero attached hydrogens (tertiary/aromatic N) is 2. The maximum atomic E-state index is 14.0. The minimum Gasteiger partial charge on any atom is -0.493 e. The maximum Gasteiger partial charge on any atom is 0.254 e. The number of amides is 1. The van der Waals surface area contributed by atoms with Gasteiger partial charge in [0.2, 0.25) is 10.0 Å². The van der Waals surface area contributed by atoms with Crippen molar-refractivity contribution in [2.24, 2.45) is 0 Å². The molecule has 3 rings (SSSR count). The predicted molar refractivity (Wildman–Crippen MR) is 115 cm³/mol. The van der Waals surface area contributed by atoms with Crippen molar-refractivity contribution in [3.63, 3.8) is 0 Å². The van der Waals surface area contributed by atoms with Crippen LogP contribution in [-0.2, 0) is 10.0 Å². The Morgan fingerprint density at radius 2 is 1.81 bits per heavy atom. The van der Waals surface area contributed by atoms with Gasteiger partial charge in [-0.25, -0.2) is 17.2 Å². The van der Waals surface area contributed by atoms with Crippen molar-refractivity contribution < 1.29 is 31.5 Å². The highest BCUT2D eigenvalue weighted by molar-refractivity contribution is 7.89. The van der Waals surface area contributed by atoms with Crippen LogP contribution in [0.1, 0.15) is 23.7 Å². The number of ether oxygens (including phenoxy) is 2. The molecule has 0 aromatic heterocycles. The summed E-state index contributed by atoms with van der Waals surface area (Å²) >= 11 is 6.28. The first-order valence-electron chi connectivity index (χ1n) is 9.93. The van der Waals surface area contributed by atoms with E-state index in [1.54, 1.807) is 0 Å². The Labute approximate surface area is 190 Å². The first-order chi connectivity index (χ1) is 15.2. The molecule has 0 unspecified atom stereocenters. The van der Waals surface area contributed by atoms with Gasteiger partial charge in [-0.1, -0.05) is 18.5 Å². The average Bonchev–Trinajstić information content (AvgIpc) is 2.77. The van der Waals surface area contributed by atoms with Crippen LogP contribution in [0.5, 0.6) is 11.5 Å². The minimum atomic E-state index is -4.16. The molecule has 0 spiro atoms. The van der Waals surface area contributed by atoms with Crippen LogP contribution in [0.2, 0.25) is 5.02 Å². The van der Waals surface area contributed by atoms with Crippen LogP contribution in [0.3, 0.4) is 0 Å². The minimum absolute atomic E-state index is 0.0343. The molecule has 0 N–H and O–H groups in total. The van der Waals surface area contributed by atoms with Crippen molar-refractivity contribution in [3.05, 3.63) is 52.6 Å². The van der Waals surface area contributed by atoms with Gasteiger partial charge in [-0.15, -0.1) is 0 Å². The van der Waals surface area contributed by atoms with Gasteiger partial charge in [-0.05, 0) is 30.7 Å². The second kappa shape index (κ2) is 10.0. The molecule has 0 aliphatic carbocycles. The predicted octanol–water partition coefficient (Wildman–Crippen LogP) is 3.56. The highest BCUT2D eigenvalue weighted by atomic mass is 35.5. The monoisotopic (exact) mass is 488 g/mol. The lowest BCUT2D eigenvalue weighted by atomic mass is 10.1. The van der Waals surface area contributed by atoms with Crippen molar-refractivity contribution in [2.75, 3.05) is 39.9 Å². The lowest BCUT2D eigenvalue weighted by molar-refractivity contribution is 0.0697. The molecule has 0 saturated carbocycles. The van der Waals surface area contributed by atoms with Gasteiger partial charge in [0.25, 0.3) is 5.91 Å². The molecule has 2 aromatic rings. The maximum absolute atomic E-state index is 14.0. The molecule has 1 aliphatic rings. The molecule has 7 nitrogen and oxygen atoms in total. The highest BCUT2D eigenvalue weighted by Crippen LogP contribution is 2.37. The fourth-order valence-corrected chi connectivity index (χ4v) is 5.06. The van der Waals surface area contributed by atoms with E-state index < -0.39 is 26.6 Å². The van der Waals surface area contributed by atoms with E-state index >= 15 is 0 Å². The average molecular weight is 489 g/mol. The summed E-state index contributed by atoms with van der Waals surface area (Å²) in [7, 11) is -2.72. The van der Waals surface area contributed by atoms with Gasteiger partial charge in [-0.3, -0.25) is 4.79 Å². The van der Waals surface area contributed by atoms with Crippen LogP contribution < -0.4 is 9.47 Å². The topological polar surface area (TPSA) is 76.2 Å². The van der Waals surface area contributed by atoms with E-state index in [4.69, 9.17) is 21.1 Å². The van der Waals surface area contributed by atoms with Gasteiger partial charge in [0.05, 0.1) is 18.7 Å². The first kappa shape index (κ1) is 24.2. The van der Waals surface area contributed by atoms with Crippen molar-refractivity contribution in [1.82, 2.24) is 9.21 Å². The van der Waals surface area contributed by atoms with Gasteiger partial charge in [-0.2, -0.15) is 4.31 Å². The molecule has 0 bridgehead atoms. The molecule has 2 aromatic carbocycles. The molecule has 1 heterocycles. The molecule has 11 heteroatoms. The van der Waals surface area contributed by atoms with Crippen molar-refractivity contribution in [3.8, 4) is 11.5 Å². The summed E-state index contributed by atoms with van der Waals surface area (Å²) in [6.45, 7) is 2.50. The van der Waals surface area contributed by atoms with E-state index in [0.717, 1.165) is 22.9 Å². The van der Waals surface area contributed by atoms with E-state index in [0.29, 0.717) is 24.2 Å². The van der Waals surface area contributed by atoms with Crippen molar-refractivity contribution in [1.29, 1.82) is 0 Å². The third kappa shape index (κ3) is 4.97. The molecular formula is C21H23ClF2N2O5S. The number of rotatable bonds is 7. The molecular weight excluding hydrogens is 466 g/mol. The molecule has 0 atom stereocenters. The zero-order valence-corrected chi connectivity index (χ0v) is 19.2. The Bertz CT molecular complexity index is 1110. The summed E-state index contributed by atoms with van der Waals surface area (Å²) in [5.74, 6) is -1.70. The van der Waals surface area contributed by atoms with E-state index in [1.165, 1.54) is 24.1 Å². The fourth-order valence-electron chi connectivity index (χ4n) is 3.33. The molecule has 0 radical (unpaired) electrons. The molecule has 1 saturated heterocycles. The van der Waals surface area contributed by atoms with E-state index in [9.17, 15) is 22.0 Å². The fraction of sp³-hybridized carbons (Fsp3) is 0.381. The van der Waals surface area contributed by atoms with Crippen LogP contribution in [-0.4, -0.2) is 63.4 Å². The smallest absolute Gasteiger partial charge is 0.254 e. The third-order valence-corrected chi connectivity index (χ3v) is 7.18. The lowest BCUT2D eigenvalue weighted by Gasteiger charge is -2.34. The molecule has 1 amide bonds.